The highest BCUT2D eigenvalue weighted by Crippen LogP contribution is 2.23. The molecule has 0 aromatic heterocycles. The number of carbonyl (C=O) groups excluding carboxylic acids is 4. The number of alkyl carbamates (subject to hydrolysis) is 1. The molecule has 1 heterocycles. The van der Waals surface area contributed by atoms with Crippen molar-refractivity contribution in [3.05, 3.63) is 84.4 Å². The normalized spacial score (nSPS) is 15.2. The van der Waals surface area contributed by atoms with E-state index >= 15 is 0 Å². The van der Waals surface area contributed by atoms with Crippen LogP contribution in [0.15, 0.2) is 78.3 Å². The van der Waals surface area contributed by atoms with Gasteiger partial charge >= 0.3 is 24.2 Å². The molecule has 0 fully saturated rings. The molecule has 1 aliphatic rings. The SMILES string of the molecule is C=CCN(C(=O)OCc1ccccc1)C1=NCC(C[C@H](NC(=O)OC(C)(C)C)C(=O)OC(C)(C)C)N1C(=O)OCc1ccccc1. The van der Waals surface area contributed by atoms with Crippen molar-refractivity contribution in [1.29, 1.82) is 0 Å². The number of ether oxygens (including phenoxy) is 4. The van der Waals surface area contributed by atoms with Gasteiger partial charge in [0.25, 0.3) is 0 Å². The van der Waals surface area contributed by atoms with Gasteiger partial charge in [-0.05, 0) is 52.7 Å². The van der Waals surface area contributed by atoms with Gasteiger partial charge in [-0.25, -0.2) is 34.0 Å². The van der Waals surface area contributed by atoms with E-state index in [0.29, 0.717) is 0 Å². The van der Waals surface area contributed by atoms with E-state index in [4.69, 9.17) is 18.9 Å². The fourth-order valence-electron chi connectivity index (χ4n) is 4.40. The van der Waals surface area contributed by atoms with Crippen LogP contribution < -0.4 is 5.32 Å². The third kappa shape index (κ3) is 11.2. The predicted molar refractivity (Wildman–Crippen MR) is 172 cm³/mol. The highest BCUT2D eigenvalue weighted by atomic mass is 16.6. The summed E-state index contributed by atoms with van der Waals surface area (Å²) in [6, 6.07) is 16.2. The minimum atomic E-state index is -1.23. The van der Waals surface area contributed by atoms with Crippen LogP contribution in [0.25, 0.3) is 0 Å². The minimum Gasteiger partial charge on any atom is -0.458 e. The summed E-state index contributed by atoms with van der Waals surface area (Å²) in [7, 11) is 0. The number of hydrogen-bond donors (Lipinski definition) is 1. The van der Waals surface area contributed by atoms with Crippen LogP contribution in [0.5, 0.6) is 0 Å². The quantitative estimate of drug-likeness (QED) is 0.196. The number of esters is 1. The van der Waals surface area contributed by atoms with Crippen molar-refractivity contribution in [2.75, 3.05) is 13.1 Å². The number of nitrogens with zero attached hydrogens (tertiary/aromatic N) is 3. The highest BCUT2D eigenvalue weighted by molar-refractivity contribution is 6.03. The Balaban J connectivity index is 1.90. The van der Waals surface area contributed by atoms with Crippen molar-refractivity contribution < 1.29 is 38.1 Å². The minimum absolute atomic E-state index is 0.00925. The van der Waals surface area contributed by atoms with Crippen LogP contribution in [0, 0.1) is 0 Å². The molecule has 1 aliphatic heterocycles. The van der Waals surface area contributed by atoms with Gasteiger partial charge in [-0.3, -0.25) is 0 Å². The Kier molecular flexibility index (Phi) is 12.3. The summed E-state index contributed by atoms with van der Waals surface area (Å²) in [6.45, 7) is 13.8. The lowest BCUT2D eigenvalue weighted by Gasteiger charge is -2.32. The zero-order valence-corrected chi connectivity index (χ0v) is 27.4. The molecule has 0 radical (unpaired) electrons. The Labute approximate surface area is 270 Å². The molecule has 2 aromatic carbocycles. The molecule has 0 spiro atoms. The van der Waals surface area contributed by atoms with E-state index in [-0.39, 0.29) is 38.7 Å². The molecule has 46 heavy (non-hydrogen) atoms. The zero-order chi connectivity index (χ0) is 33.9. The van der Waals surface area contributed by atoms with Gasteiger partial charge in [0.15, 0.2) is 0 Å². The summed E-state index contributed by atoms with van der Waals surface area (Å²) in [4.78, 5) is 60.1. The average molecular weight is 637 g/mol. The first-order valence-corrected chi connectivity index (χ1v) is 15.0. The molecule has 0 saturated heterocycles. The summed E-state index contributed by atoms with van der Waals surface area (Å²) in [6.07, 6.45) is -1.06. The molecule has 2 aromatic rings. The highest BCUT2D eigenvalue weighted by Gasteiger charge is 2.42. The second kappa shape index (κ2) is 15.9. The van der Waals surface area contributed by atoms with E-state index in [1.807, 2.05) is 48.5 Å². The van der Waals surface area contributed by atoms with Crippen LogP contribution in [0.1, 0.15) is 59.1 Å². The number of nitrogens with one attached hydrogen (secondary N) is 1. The molecular weight excluding hydrogens is 592 g/mol. The topological polar surface area (TPSA) is 136 Å². The van der Waals surface area contributed by atoms with Crippen molar-refractivity contribution in [2.24, 2.45) is 4.99 Å². The standard InChI is InChI=1S/C34H44N4O8/c1-8-19-37(31(41)43-22-24-15-11-9-12-16-24)29-35-21-26(38(29)32(42)44-23-25-17-13-10-14-18-25)20-27(28(39)45-33(2,3)4)36-30(40)46-34(5,6)7/h8-18,26-27H,1,19-23H2,2-7H3,(H,36,40)/t26?,27-/m0/s1. The van der Waals surface area contributed by atoms with Crippen LogP contribution in [-0.2, 0) is 37.0 Å². The Morgan fingerprint density at radius 2 is 1.46 bits per heavy atom. The predicted octanol–water partition coefficient (Wildman–Crippen LogP) is 5.81. The second-order valence-corrected chi connectivity index (χ2v) is 12.6. The summed E-state index contributed by atoms with van der Waals surface area (Å²) < 4.78 is 22.2. The first-order chi connectivity index (χ1) is 21.7. The summed E-state index contributed by atoms with van der Waals surface area (Å²) >= 11 is 0. The third-order valence-corrected chi connectivity index (χ3v) is 6.29. The zero-order valence-electron chi connectivity index (χ0n) is 27.4. The van der Waals surface area contributed by atoms with Gasteiger partial charge in [-0.1, -0.05) is 66.7 Å². The van der Waals surface area contributed by atoms with Crippen LogP contribution in [0.3, 0.4) is 0 Å². The van der Waals surface area contributed by atoms with Crippen LogP contribution in [0.4, 0.5) is 14.4 Å². The first-order valence-electron chi connectivity index (χ1n) is 15.0. The molecular formula is C34H44N4O8. The molecule has 1 unspecified atom stereocenters. The lowest BCUT2D eigenvalue weighted by atomic mass is 10.1. The second-order valence-electron chi connectivity index (χ2n) is 12.6. The van der Waals surface area contributed by atoms with Crippen molar-refractivity contribution in [1.82, 2.24) is 15.1 Å². The van der Waals surface area contributed by atoms with Crippen LogP contribution >= 0.6 is 0 Å². The Hall–Kier alpha value is -4.87. The molecule has 0 bridgehead atoms. The van der Waals surface area contributed by atoms with Crippen LogP contribution in [-0.4, -0.2) is 76.4 Å². The van der Waals surface area contributed by atoms with Gasteiger partial charge in [0.1, 0.15) is 30.5 Å². The molecule has 1 N–H and O–H groups in total. The van der Waals surface area contributed by atoms with E-state index in [9.17, 15) is 19.2 Å². The van der Waals surface area contributed by atoms with E-state index < -0.39 is 47.5 Å². The van der Waals surface area contributed by atoms with Gasteiger partial charge in [0, 0.05) is 13.0 Å². The maximum absolute atomic E-state index is 13.7. The number of benzene rings is 2. The van der Waals surface area contributed by atoms with Crippen molar-refractivity contribution in [3.8, 4) is 0 Å². The third-order valence-electron chi connectivity index (χ3n) is 6.29. The first kappa shape index (κ1) is 35.6. The molecule has 0 saturated carbocycles. The summed E-state index contributed by atoms with van der Waals surface area (Å²) in [5.41, 5.74) is -0.174. The number of carbonyl (C=O) groups is 4. The molecule has 0 aliphatic carbocycles. The number of rotatable bonds is 10. The molecule has 3 rings (SSSR count). The van der Waals surface area contributed by atoms with Gasteiger partial charge in [0.05, 0.1) is 12.6 Å². The van der Waals surface area contributed by atoms with E-state index in [1.165, 1.54) is 15.9 Å². The lowest BCUT2D eigenvalue weighted by molar-refractivity contribution is -0.158. The fraction of sp³-hybridized carbons (Fsp3) is 0.441. The maximum atomic E-state index is 13.7. The van der Waals surface area contributed by atoms with Crippen molar-refractivity contribution >= 4 is 30.2 Å². The number of amides is 3. The maximum Gasteiger partial charge on any atom is 0.417 e. The molecule has 3 amide bonds. The molecule has 248 valence electrons. The lowest BCUT2D eigenvalue weighted by Crippen LogP contribution is -2.54. The molecule has 12 nitrogen and oxygen atoms in total. The number of hydrogen-bond acceptors (Lipinski definition) is 9. The van der Waals surface area contributed by atoms with Gasteiger partial charge < -0.3 is 24.3 Å². The van der Waals surface area contributed by atoms with Gasteiger partial charge in [-0.2, -0.15) is 0 Å². The van der Waals surface area contributed by atoms with Crippen LogP contribution in [0.2, 0.25) is 0 Å². The Morgan fingerprint density at radius 1 is 0.913 bits per heavy atom. The summed E-state index contributed by atoms with van der Waals surface area (Å²) in [5.74, 6) is -0.768. The Bertz CT molecular complexity index is 1380. The largest absolute Gasteiger partial charge is 0.458 e. The smallest absolute Gasteiger partial charge is 0.417 e. The summed E-state index contributed by atoms with van der Waals surface area (Å²) in [5, 5.41) is 2.58. The number of aliphatic imine (C=N–C) groups is 1. The Morgan fingerprint density at radius 3 is 1.98 bits per heavy atom. The van der Waals surface area contributed by atoms with Crippen molar-refractivity contribution in [3.63, 3.8) is 0 Å². The van der Waals surface area contributed by atoms with Gasteiger partial charge in [-0.15, -0.1) is 6.58 Å². The molecule has 2 atom stereocenters. The van der Waals surface area contributed by atoms with Gasteiger partial charge in [0.2, 0.25) is 5.96 Å². The number of guanidine groups is 1. The van der Waals surface area contributed by atoms with Crippen molar-refractivity contribution in [2.45, 2.75) is 84.5 Å². The average Bonchev–Trinajstić information content (AvgIpc) is 3.39. The van der Waals surface area contributed by atoms with E-state index in [1.54, 1.807) is 53.7 Å². The molecule has 12 heteroatoms. The van der Waals surface area contributed by atoms with E-state index in [2.05, 4.69) is 16.9 Å². The fourth-order valence-corrected chi connectivity index (χ4v) is 4.40. The monoisotopic (exact) mass is 636 g/mol. The van der Waals surface area contributed by atoms with E-state index in [0.717, 1.165) is 11.1 Å².